The zero-order valence-electron chi connectivity index (χ0n) is 16.0. The largest absolute Gasteiger partial charge is 0.320 e. The molecule has 9 heteroatoms. The molecule has 0 aliphatic heterocycles. The average molecular weight is 477 g/mol. The number of benzene rings is 2. The van der Waals surface area contributed by atoms with Crippen molar-refractivity contribution in [1.82, 2.24) is 14.1 Å². The topological polar surface area (TPSA) is 84.3 Å². The molecule has 0 unspecified atom stereocenters. The number of halogens is 1. The fourth-order valence-corrected chi connectivity index (χ4v) is 4.71. The normalized spacial score (nSPS) is 11.6. The third-order valence-electron chi connectivity index (χ3n) is 4.39. The van der Waals surface area contributed by atoms with E-state index >= 15 is 0 Å². The van der Waals surface area contributed by atoms with Crippen LogP contribution in [0.2, 0.25) is 0 Å². The molecular weight excluding hydrogens is 456 g/mol. The van der Waals surface area contributed by atoms with Gasteiger partial charge in [-0.25, -0.2) is 13.1 Å². The number of nitrogens with one attached hydrogen (secondary N) is 1. The van der Waals surface area contributed by atoms with Crippen LogP contribution in [-0.2, 0) is 10.0 Å². The standard InChI is InChI=1S/C20H21BrN4O3S/c1-3-24(4-2)29(27,28)17-9-7-8-15(12-17)20(26)23-18-10-5-6-11-19(18)25-14-16(21)13-22-25/h5-14H,3-4H2,1-2H3,(H,23,26). The van der Waals surface area contributed by atoms with Gasteiger partial charge in [0, 0.05) is 24.8 Å². The van der Waals surface area contributed by atoms with Crippen molar-refractivity contribution in [2.45, 2.75) is 18.7 Å². The highest BCUT2D eigenvalue weighted by Gasteiger charge is 2.22. The summed E-state index contributed by atoms with van der Waals surface area (Å²) in [4.78, 5) is 12.9. The maximum atomic E-state index is 12.8. The van der Waals surface area contributed by atoms with Gasteiger partial charge in [0.2, 0.25) is 10.0 Å². The molecule has 0 aliphatic rings. The number of rotatable bonds is 7. The van der Waals surface area contributed by atoms with Gasteiger partial charge in [-0.1, -0.05) is 32.0 Å². The number of hydrogen-bond donors (Lipinski definition) is 1. The number of amides is 1. The average Bonchev–Trinajstić information content (AvgIpc) is 3.15. The molecule has 1 N–H and O–H groups in total. The summed E-state index contributed by atoms with van der Waals surface area (Å²) in [5, 5.41) is 7.09. The lowest BCUT2D eigenvalue weighted by Crippen LogP contribution is -2.30. The summed E-state index contributed by atoms with van der Waals surface area (Å²) >= 11 is 3.36. The molecule has 1 aromatic heterocycles. The molecule has 7 nitrogen and oxygen atoms in total. The second-order valence-corrected chi connectivity index (χ2v) is 9.05. The lowest BCUT2D eigenvalue weighted by atomic mass is 10.2. The van der Waals surface area contributed by atoms with Crippen molar-refractivity contribution >= 4 is 37.5 Å². The summed E-state index contributed by atoms with van der Waals surface area (Å²) in [6.07, 6.45) is 3.43. The molecule has 1 heterocycles. The van der Waals surface area contributed by atoms with E-state index in [0.29, 0.717) is 24.5 Å². The number of aromatic nitrogens is 2. The Labute approximate surface area is 178 Å². The quantitative estimate of drug-likeness (QED) is 0.559. The Bertz CT molecular complexity index is 1120. The van der Waals surface area contributed by atoms with E-state index < -0.39 is 15.9 Å². The highest BCUT2D eigenvalue weighted by Crippen LogP contribution is 2.23. The summed E-state index contributed by atoms with van der Waals surface area (Å²) in [5.41, 5.74) is 1.51. The molecule has 0 fully saturated rings. The lowest BCUT2D eigenvalue weighted by molar-refractivity contribution is 0.102. The van der Waals surface area contributed by atoms with E-state index in [0.717, 1.165) is 4.47 Å². The summed E-state index contributed by atoms with van der Waals surface area (Å²) < 4.78 is 29.3. The smallest absolute Gasteiger partial charge is 0.255 e. The van der Waals surface area contributed by atoms with E-state index in [2.05, 4.69) is 26.3 Å². The number of sulfonamides is 1. The number of anilines is 1. The Morgan fingerprint density at radius 3 is 2.52 bits per heavy atom. The van der Waals surface area contributed by atoms with Gasteiger partial charge in [0.05, 0.1) is 26.9 Å². The fraction of sp³-hybridized carbons (Fsp3) is 0.200. The number of carbonyl (C=O) groups excluding carboxylic acids is 1. The number of hydrogen-bond acceptors (Lipinski definition) is 4. The highest BCUT2D eigenvalue weighted by molar-refractivity contribution is 9.10. The summed E-state index contributed by atoms with van der Waals surface area (Å²) in [5.74, 6) is -0.403. The molecule has 3 rings (SSSR count). The van der Waals surface area contributed by atoms with Crippen molar-refractivity contribution in [1.29, 1.82) is 0 Å². The van der Waals surface area contributed by atoms with Crippen molar-refractivity contribution in [3.8, 4) is 5.69 Å². The molecule has 3 aromatic rings. The maximum Gasteiger partial charge on any atom is 0.255 e. The number of nitrogens with zero attached hydrogens (tertiary/aromatic N) is 3. The lowest BCUT2D eigenvalue weighted by Gasteiger charge is -2.18. The minimum atomic E-state index is -3.64. The van der Waals surface area contributed by atoms with Gasteiger partial charge in [-0.05, 0) is 46.3 Å². The zero-order chi connectivity index (χ0) is 21.0. The van der Waals surface area contributed by atoms with E-state index in [4.69, 9.17) is 0 Å². The summed E-state index contributed by atoms with van der Waals surface area (Å²) in [6, 6.07) is 13.3. The van der Waals surface area contributed by atoms with Gasteiger partial charge in [0.1, 0.15) is 0 Å². The maximum absolute atomic E-state index is 12.8. The first-order valence-electron chi connectivity index (χ1n) is 9.08. The molecule has 0 aliphatic carbocycles. The van der Waals surface area contributed by atoms with Crippen molar-refractivity contribution in [2.24, 2.45) is 0 Å². The first kappa shape index (κ1) is 21.2. The molecule has 0 saturated carbocycles. The van der Waals surface area contributed by atoms with Gasteiger partial charge >= 0.3 is 0 Å². The molecule has 0 atom stereocenters. The summed E-state index contributed by atoms with van der Waals surface area (Å²) in [6.45, 7) is 4.29. The fourth-order valence-electron chi connectivity index (χ4n) is 2.92. The number of para-hydroxylation sites is 2. The minimum Gasteiger partial charge on any atom is -0.320 e. The monoisotopic (exact) mass is 476 g/mol. The van der Waals surface area contributed by atoms with Crippen LogP contribution in [0.15, 0.2) is 70.3 Å². The van der Waals surface area contributed by atoms with Crippen LogP contribution in [0.5, 0.6) is 0 Å². The van der Waals surface area contributed by atoms with E-state index in [-0.39, 0.29) is 10.5 Å². The van der Waals surface area contributed by atoms with Crippen molar-refractivity contribution in [2.75, 3.05) is 18.4 Å². The first-order chi connectivity index (χ1) is 13.9. The van der Waals surface area contributed by atoms with Crippen LogP contribution < -0.4 is 5.32 Å². The SMILES string of the molecule is CCN(CC)S(=O)(=O)c1cccc(C(=O)Nc2ccccc2-n2cc(Br)cn2)c1. The molecule has 0 spiro atoms. The second-order valence-electron chi connectivity index (χ2n) is 6.19. The van der Waals surface area contributed by atoms with Gasteiger partial charge in [-0.15, -0.1) is 0 Å². The Kier molecular flexibility index (Phi) is 6.51. The third-order valence-corrected chi connectivity index (χ3v) is 6.84. The van der Waals surface area contributed by atoms with Crippen LogP contribution in [0, 0.1) is 0 Å². The second kappa shape index (κ2) is 8.89. The predicted octanol–water partition coefficient (Wildman–Crippen LogP) is 3.92. The van der Waals surface area contributed by atoms with Crippen LogP contribution in [0.4, 0.5) is 5.69 Å². The zero-order valence-corrected chi connectivity index (χ0v) is 18.4. The Morgan fingerprint density at radius 1 is 1.14 bits per heavy atom. The van der Waals surface area contributed by atoms with Gasteiger partial charge in [0.25, 0.3) is 5.91 Å². The van der Waals surface area contributed by atoms with Crippen molar-refractivity contribution in [3.05, 3.63) is 71.0 Å². The van der Waals surface area contributed by atoms with Crippen LogP contribution >= 0.6 is 15.9 Å². The third kappa shape index (κ3) is 4.58. The highest BCUT2D eigenvalue weighted by atomic mass is 79.9. The van der Waals surface area contributed by atoms with Crippen molar-refractivity contribution < 1.29 is 13.2 Å². The van der Waals surface area contributed by atoms with Crippen LogP contribution in [0.1, 0.15) is 24.2 Å². The van der Waals surface area contributed by atoms with E-state index in [1.165, 1.54) is 16.4 Å². The minimum absolute atomic E-state index is 0.0955. The number of carbonyl (C=O) groups is 1. The van der Waals surface area contributed by atoms with E-state index in [9.17, 15) is 13.2 Å². The first-order valence-corrected chi connectivity index (χ1v) is 11.3. The summed E-state index contributed by atoms with van der Waals surface area (Å²) in [7, 11) is -3.64. The van der Waals surface area contributed by atoms with Gasteiger partial charge in [0.15, 0.2) is 0 Å². The van der Waals surface area contributed by atoms with Gasteiger partial charge in [-0.2, -0.15) is 9.40 Å². The Hall–Kier alpha value is -2.49. The van der Waals surface area contributed by atoms with Crippen LogP contribution in [0.25, 0.3) is 5.69 Å². The molecular formula is C20H21BrN4O3S. The molecule has 1 amide bonds. The molecule has 2 aromatic carbocycles. The van der Waals surface area contributed by atoms with Gasteiger partial charge in [-0.3, -0.25) is 4.79 Å². The Morgan fingerprint density at radius 2 is 1.86 bits per heavy atom. The molecule has 152 valence electrons. The predicted molar refractivity (Wildman–Crippen MR) is 116 cm³/mol. The van der Waals surface area contributed by atoms with Crippen molar-refractivity contribution in [3.63, 3.8) is 0 Å². The molecule has 0 radical (unpaired) electrons. The van der Waals surface area contributed by atoms with Gasteiger partial charge < -0.3 is 5.32 Å². The Balaban J connectivity index is 1.90. The van der Waals surface area contributed by atoms with Crippen LogP contribution in [0.3, 0.4) is 0 Å². The van der Waals surface area contributed by atoms with Crippen LogP contribution in [-0.4, -0.2) is 41.5 Å². The van der Waals surface area contributed by atoms with E-state index in [1.54, 1.807) is 55.2 Å². The molecule has 29 heavy (non-hydrogen) atoms. The molecule has 0 bridgehead atoms. The molecule has 0 saturated heterocycles. The van der Waals surface area contributed by atoms with E-state index in [1.807, 2.05) is 12.1 Å².